The van der Waals surface area contributed by atoms with Crippen molar-refractivity contribution in [1.82, 2.24) is 10.3 Å². The first kappa shape index (κ1) is 14.4. The van der Waals surface area contributed by atoms with Crippen molar-refractivity contribution in [2.75, 3.05) is 6.54 Å². The summed E-state index contributed by atoms with van der Waals surface area (Å²) < 4.78 is 12.9. The zero-order valence-corrected chi connectivity index (χ0v) is 10.2. The molecule has 2 N–H and O–H groups in total. The van der Waals surface area contributed by atoms with Gasteiger partial charge in [0.15, 0.2) is 0 Å². The van der Waals surface area contributed by atoms with E-state index in [1.165, 1.54) is 0 Å². The number of carboxylic acids is 1. The molecule has 1 amide bonds. The predicted octanol–water partition coefficient (Wildman–Crippen LogP) is 1.86. The zero-order valence-electron chi connectivity index (χ0n) is 9.45. The molecule has 1 heterocycles. The summed E-state index contributed by atoms with van der Waals surface area (Å²) in [6.45, 7) is 0.305. The van der Waals surface area contributed by atoms with Crippen LogP contribution in [0.3, 0.4) is 0 Å². The number of nitrogens with one attached hydrogen (secondary N) is 1. The number of rotatable bonds is 6. The van der Waals surface area contributed by atoms with Crippen molar-refractivity contribution in [1.29, 1.82) is 0 Å². The molecule has 0 saturated carbocycles. The first-order chi connectivity index (χ1) is 8.50. The van der Waals surface area contributed by atoms with Gasteiger partial charge in [-0.2, -0.15) is 0 Å². The number of unbranched alkanes of at least 4 members (excludes halogenated alkanes) is 1. The van der Waals surface area contributed by atoms with E-state index in [4.69, 9.17) is 16.7 Å². The lowest BCUT2D eigenvalue weighted by atomic mass is 10.2. The standard InChI is InChI=1S/C11H12ClFN2O3/c12-10-8(5-7(13)6-15-10)11(18)14-4-2-1-3-9(16)17/h5-6H,1-4H2,(H,14,18)(H,16,17). The van der Waals surface area contributed by atoms with Crippen LogP contribution in [0.25, 0.3) is 0 Å². The number of halogens is 2. The van der Waals surface area contributed by atoms with E-state index in [2.05, 4.69) is 10.3 Å². The van der Waals surface area contributed by atoms with Gasteiger partial charge >= 0.3 is 5.97 Å². The van der Waals surface area contributed by atoms with Gasteiger partial charge in [0.05, 0.1) is 11.8 Å². The summed E-state index contributed by atoms with van der Waals surface area (Å²) in [6.07, 6.45) is 1.97. The van der Waals surface area contributed by atoms with E-state index in [1.807, 2.05) is 0 Å². The van der Waals surface area contributed by atoms with E-state index in [0.717, 1.165) is 12.3 Å². The molecule has 5 nitrogen and oxygen atoms in total. The molecule has 0 aliphatic rings. The summed E-state index contributed by atoms with van der Waals surface area (Å²) in [5, 5.41) is 10.9. The van der Waals surface area contributed by atoms with Gasteiger partial charge in [-0.05, 0) is 18.9 Å². The lowest BCUT2D eigenvalue weighted by Crippen LogP contribution is -2.25. The zero-order chi connectivity index (χ0) is 13.5. The molecule has 0 unspecified atom stereocenters. The number of amides is 1. The molecule has 0 atom stereocenters. The molecule has 1 aromatic heterocycles. The second-order valence-corrected chi connectivity index (χ2v) is 3.96. The van der Waals surface area contributed by atoms with Gasteiger partial charge in [0.25, 0.3) is 5.91 Å². The van der Waals surface area contributed by atoms with E-state index in [0.29, 0.717) is 19.4 Å². The Balaban J connectivity index is 2.41. The maximum atomic E-state index is 12.9. The Morgan fingerprint density at radius 3 is 2.83 bits per heavy atom. The average molecular weight is 275 g/mol. The summed E-state index contributed by atoms with van der Waals surface area (Å²) in [4.78, 5) is 25.4. The van der Waals surface area contributed by atoms with Crippen LogP contribution >= 0.6 is 11.6 Å². The molecule has 0 saturated heterocycles. The maximum Gasteiger partial charge on any atom is 0.303 e. The number of hydrogen-bond acceptors (Lipinski definition) is 3. The fourth-order valence-electron chi connectivity index (χ4n) is 1.28. The van der Waals surface area contributed by atoms with Gasteiger partial charge in [-0.25, -0.2) is 9.37 Å². The quantitative estimate of drug-likeness (QED) is 0.613. The van der Waals surface area contributed by atoms with E-state index in [1.54, 1.807) is 0 Å². The monoisotopic (exact) mass is 274 g/mol. The van der Waals surface area contributed by atoms with Crippen molar-refractivity contribution in [3.63, 3.8) is 0 Å². The number of aliphatic carboxylic acids is 1. The summed E-state index contributed by atoms with van der Waals surface area (Å²) in [5.41, 5.74) is -0.0325. The number of aromatic nitrogens is 1. The molecule has 18 heavy (non-hydrogen) atoms. The van der Waals surface area contributed by atoms with Crippen molar-refractivity contribution in [3.05, 3.63) is 28.8 Å². The predicted molar refractivity (Wildman–Crippen MR) is 63.0 cm³/mol. The van der Waals surface area contributed by atoms with Gasteiger partial charge in [-0.15, -0.1) is 0 Å². The number of carbonyl (C=O) groups excluding carboxylic acids is 1. The van der Waals surface area contributed by atoms with Crippen LogP contribution in [0.5, 0.6) is 0 Å². The summed E-state index contributed by atoms with van der Waals surface area (Å²) in [5.74, 6) is -2.04. The second kappa shape index (κ2) is 6.90. The van der Waals surface area contributed by atoms with E-state index in [-0.39, 0.29) is 17.1 Å². The molecule has 0 fully saturated rings. The number of nitrogens with zero attached hydrogens (tertiary/aromatic N) is 1. The van der Waals surface area contributed by atoms with Gasteiger partial charge in [0.1, 0.15) is 11.0 Å². The summed E-state index contributed by atoms with van der Waals surface area (Å²) >= 11 is 5.66. The molecule has 0 aliphatic heterocycles. The molecule has 98 valence electrons. The van der Waals surface area contributed by atoms with E-state index in [9.17, 15) is 14.0 Å². The summed E-state index contributed by atoms with van der Waals surface area (Å²) in [6, 6.07) is 1.00. The molecule has 7 heteroatoms. The highest BCUT2D eigenvalue weighted by atomic mass is 35.5. The fraction of sp³-hybridized carbons (Fsp3) is 0.364. The largest absolute Gasteiger partial charge is 0.481 e. The Bertz CT molecular complexity index is 454. The first-order valence-corrected chi connectivity index (χ1v) is 5.69. The van der Waals surface area contributed by atoms with Crippen LogP contribution in [0.4, 0.5) is 4.39 Å². The Kier molecular flexibility index (Phi) is 5.51. The Hall–Kier alpha value is -1.69. The van der Waals surface area contributed by atoms with Crippen LogP contribution in [0.1, 0.15) is 29.6 Å². The van der Waals surface area contributed by atoms with Gasteiger partial charge in [0, 0.05) is 13.0 Å². The highest BCUT2D eigenvalue weighted by Crippen LogP contribution is 2.13. The molecule has 0 aliphatic carbocycles. The number of carbonyl (C=O) groups is 2. The third-order valence-corrected chi connectivity index (χ3v) is 2.45. The average Bonchev–Trinajstić information content (AvgIpc) is 2.31. The molecule has 1 rings (SSSR count). The number of pyridine rings is 1. The van der Waals surface area contributed by atoms with Gasteiger partial charge in [-0.1, -0.05) is 11.6 Å². The molecule has 1 aromatic rings. The minimum atomic E-state index is -0.876. The topological polar surface area (TPSA) is 79.3 Å². The van der Waals surface area contributed by atoms with Crippen LogP contribution in [0.15, 0.2) is 12.3 Å². The lowest BCUT2D eigenvalue weighted by Gasteiger charge is -2.05. The van der Waals surface area contributed by atoms with Crippen LogP contribution in [-0.2, 0) is 4.79 Å². The van der Waals surface area contributed by atoms with Gasteiger partial charge in [-0.3, -0.25) is 9.59 Å². The highest BCUT2D eigenvalue weighted by molar-refractivity contribution is 6.32. The molecule has 0 bridgehead atoms. The highest BCUT2D eigenvalue weighted by Gasteiger charge is 2.12. The smallest absolute Gasteiger partial charge is 0.303 e. The molecular weight excluding hydrogens is 263 g/mol. The summed E-state index contributed by atoms with van der Waals surface area (Å²) in [7, 11) is 0. The van der Waals surface area contributed by atoms with E-state index < -0.39 is 17.7 Å². The van der Waals surface area contributed by atoms with Crippen molar-refractivity contribution < 1.29 is 19.1 Å². The third-order valence-electron chi connectivity index (χ3n) is 2.15. The second-order valence-electron chi connectivity index (χ2n) is 3.60. The Morgan fingerprint density at radius 2 is 2.17 bits per heavy atom. The van der Waals surface area contributed by atoms with Crippen LogP contribution < -0.4 is 5.32 Å². The van der Waals surface area contributed by atoms with Gasteiger partial charge < -0.3 is 10.4 Å². The minimum Gasteiger partial charge on any atom is -0.481 e. The van der Waals surface area contributed by atoms with Crippen molar-refractivity contribution in [2.45, 2.75) is 19.3 Å². The number of carboxylic acid groups (broad SMARTS) is 1. The van der Waals surface area contributed by atoms with E-state index >= 15 is 0 Å². The minimum absolute atomic E-state index is 0.0325. The third kappa shape index (κ3) is 4.67. The van der Waals surface area contributed by atoms with Crippen LogP contribution in [0.2, 0.25) is 5.15 Å². The molecular formula is C11H12ClFN2O3. The normalized spacial score (nSPS) is 10.1. The molecule has 0 aromatic carbocycles. The van der Waals surface area contributed by atoms with Crippen molar-refractivity contribution in [2.24, 2.45) is 0 Å². The lowest BCUT2D eigenvalue weighted by molar-refractivity contribution is -0.137. The molecule has 0 spiro atoms. The van der Waals surface area contributed by atoms with Crippen LogP contribution in [-0.4, -0.2) is 28.5 Å². The maximum absolute atomic E-state index is 12.9. The number of hydrogen-bond donors (Lipinski definition) is 2. The van der Waals surface area contributed by atoms with Crippen LogP contribution in [0, 0.1) is 5.82 Å². The first-order valence-electron chi connectivity index (χ1n) is 5.31. The van der Waals surface area contributed by atoms with Gasteiger partial charge in [0.2, 0.25) is 0 Å². The Labute approximate surface area is 108 Å². The Morgan fingerprint density at radius 1 is 1.44 bits per heavy atom. The fourth-order valence-corrected chi connectivity index (χ4v) is 1.47. The molecule has 0 radical (unpaired) electrons. The van der Waals surface area contributed by atoms with Crippen molar-refractivity contribution in [3.8, 4) is 0 Å². The van der Waals surface area contributed by atoms with Crippen molar-refractivity contribution >= 4 is 23.5 Å². The SMILES string of the molecule is O=C(O)CCCCNC(=O)c1cc(F)cnc1Cl.